The third-order valence-electron chi connectivity index (χ3n) is 14.6. The summed E-state index contributed by atoms with van der Waals surface area (Å²) < 4.78 is 37.6. The Bertz CT molecular complexity index is 2440. The number of benzene rings is 3. The molecule has 3 heterocycles. The smallest absolute Gasteiger partial charge is 0.328 e. The molecule has 69 heavy (non-hydrogen) atoms. The van der Waals surface area contributed by atoms with Crippen molar-refractivity contribution in [1.82, 2.24) is 14.7 Å². The van der Waals surface area contributed by atoms with Crippen LogP contribution in [0.1, 0.15) is 94.1 Å². The molecular formula is C52H58BrClFN3O11. The minimum Gasteiger partial charge on any atom is -0.467 e. The van der Waals surface area contributed by atoms with Crippen molar-refractivity contribution in [2.75, 3.05) is 21.3 Å². The monoisotopic (exact) mass is 1030 g/mol. The van der Waals surface area contributed by atoms with Crippen molar-refractivity contribution in [2.24, 2.45) is 35.5 Å². The highest BCUT2D eigenvalue weighted by Crippen LogP contribution is 2.52. The van der Waals surface area contributed by atoms with Crippen molar-refractivity contribution >= 4 is 69.1 Å². The maximum absolute atomic E-state index is 16.0. The zero-order valence-corrected chi connectivity index (χ0v) is 41.8. The number of esters is 4. The van der Waals surface area contributed by atoms with Crippen LogP contribution >= 0.6 is 27.5 Å². The first-order chi connectivity index (χ1) is 32.9. The summed E-state index contributed by atoms with van der Waals surface area (Å²) in [7, 11) is 3.50. The number of rotatable bonds is 12. The number of methoxy groups -OCH3 is 3. The molecule has 14 nitrogen and oxygen atoms in total. The van der Waals surface area contributed by atoms with E-state index in [4.69, 9.17) is 30.5 Å². The van der Waals surface area contributed by atoms with Gasteiger partial charge in [0.2, 0.25) is 17.7 Å². The molecule has 4 fully saturated rings. The molecule has 0 aromatic heterocycles. The molecule has 1 saturated carbocycles. The van der Waals surface area contributed by atoms with E-state index in [9.17, 15) is 28.4 Å². The van der Waals surface area contributed by atoms with E-state index in [1.165, 1.54) is 53.2 Å². The van der Waals surface area contributed by atoms with Gasteiger partial charge in [-0.1, -0.05) is 97.7 Å². The van der Waals surface area contributed by atoms with E-state index >= 15 is 9.59 Å². The second-order valence-electron chi connectivity index (χ2n) is 18.9. The molecule has 12 atom stereocenters. The van der Waals surface area contributed by atoms with Gasteiger partial charge in [-0.05, 0) is 109 Å². The van der Waals surface area contributed by atoms with Crippen LogP contribution in [-0.4, -0.2) is 102 Å². The van der Waals surface area contributed by atoms with Gasteiger partial charge in [-0.3, -0.25) is 19.2 Å². The Morgan fingerprint density at radius 2 is 1.06 bits per heavy atom. The first-order valence-corrected chi connectivity index (χ1v) is 24.4. The fourth-order valence-electron chi connectivity index (χ4n) is 11.4. The van der Waals surface area contributed by atoms with Crippen LogP contribution in [0.3, 0.4) is 0 Å². The quantitative estimate of drug-likeness (QED) is 0.0977. The first-order valence-electron chi connectivity index (χ1n) is 23.2. The molecule has 4 aliphatic rings. The number of amides is 3. The summed E-state index contributed by atoms with van der Waals surface area (Å²) in [5.74, 6) is -8.74. The summed E-state index contributed by atoms with van der Waals surface area (Å²) in [6.07, 6.45) is 2.35. The Balaban J connectivity index is 1.37. The zero-order valence-electron chi connectivity index (χ0n) is 39.4. The lowest BCUT2D eigenvalue weighted by Crippen LogP contribution is -2.48. The number of carbonyl (C=O) groups excluding carboxylic acids is 7. The predicted molar refractivity (Wildman–Crippen MR) is 254 cm³/mol. The van der Waals surface area contributed by atoms with Crippen molar-refractivity contribution in [1.29, 1.82) is 0 Å². The summed E-state index contributed by atoms with van der Waals surface area (Å²) in [6, 6.07) is 11.0. The fraction of sp³-hybridized carbons (Fsp3) is 0.481. The lowest BCUT2D eigenvalue weighted by atomic mass is 9.75. The van der Waals surface area contributed by atoms with E-state index in [0.717, 1.165) is 26.0 Å². The van der Waals surface area contributed by atoms with Crippen LogP contribution in [-0.2, 0) is 52.5 Å². The average molecular weight is 1040 g/mol. The molecule has 1 aliphatic carbocycles. The Labute approximate surface area is 414 Å². The molecule has 3 aromatic rings. The van der Waals surface area contributed by atoms with Crippen LogP contribution < -0.4 is 0 Å². The molecular weight excluding hydrogens is 977 g/mol. The summed E-state index contributed by atoms with van der Waals surface area (Å²) in [5, 5.41) is 0.336. The van der Waals surface area contributed by atoms with Gasteiger partial charge in [0, 0.05) is 9.50 Å². The molecule has 3 aromatic carbocycles. The fourth-order valence-corrected chi connectivity index (χ4v) is 11.7. The predicted octanol–water partition coefficient (Wildman–Crippen LogP) is 8.13. The van der Waals surface area contributed by atoms with Crippen LogP contribution in [0.5, 0.6) is 0 Å². The topological polar surface area (TPSA) is 166 Å². The molecule has 3 amide bonds. The maximum Gasteiger partial charge on any atom is 0.328 e. The highest BCUT2D eigenvalue weighted by molar-refractivity contribution is 9.10. The average Bonchev–Trinajstić information content (AvgIpc) is 4.07. The second-order valence-corrected chi connectivity index (χ2v) is 20.2. The minimum atomic E-state index is -1.42. The Hall–Kier alpha value is -5.61. The van der Waals surface area contributed by atoms with Crippen LogP contribution in [0.4, 0.5) is 4.39 Å². The lowest BCUT2D eigenvalue weighted by Gasteiger charge is -2.38. The van der Waals surface area contributed by atoms with E-state index in [0.29, 0.717) is 38.5 Å². The highest BCUT2D eigenvalue weighted by atomic mass is 79.9. The minimum absolute atomic E-state index is 0.0791. The standard InChI is InChI=1S/C52H58BrClFN3O11/c1-8-43(59)56-39(50(63)66-5)24-36(44(56)29-10-16-32(53)17-11-29)47(60)57-40(51(64)67-6)25-37(45(57)30-12-18-33(54)19-13-30)48(61)58-41(52(65)68-7)26-38(46(58)31-14-20-34(55)21-15-31)49(62)69-42-23-28(4)9-22-35(42)27(2)3/h8,10-21,27-28,35-42,44-46H,1,9,22-26H2,2-7H3/t28-,35+,36+,37-,38+,39+,40-,41+,42-,44+,45-,46+/m1/s1. The Morgan fingerprint density at radius 1 is 0.638 bits per heavy atom. The zero-order chi connectivity index (χ0) is 50.0. The molecule has 368 valence electrons. The van der Waals surface area contributed by atoms with Crippen LogP contribution in [0.15, 0.2) is 89.9 Å². The second kappa shape index (κ2) is 21.6. The molecule has 3 saturated heterocycles. The van der Waals surface area contributed by atoms with E-state index in [1.807, 2.05) is 0 Å². The number of hydrogen-bond acceptors (Lipinski definition) is 11. The third kappa shape index (κ3) is 10.2. The van der Waals surface area contributed by atoms with Crippen molar-refractivity contribution in [3.63, 3.8) is 0 Å². The van der Waals surface area contributed by atoms with Gasteiger partial charge in [0.25, 0.3) is 0 Å². The first kappa shape index (κ1) is 51.2. The van der Waals surface area contributed by atoms with Gasteiger partial charge < -0.3 is 33.6 Å². The lowest BCUT2D eigenvalue weighted by molar-refractivity contribution is -0.162. The molecule has 7 rings (SSSR count). The number of ether oxygens (including phenoxy) is 4. The van der Waals surface area contributed by atoms with Crippen LogP contribution in [0, 0.1) is 41.3 Å². The SMILES string of the molecule is C=CC(=O)N1[C@H](C(=O)OC)C[C@H](C(=O)N2[C@@H](C(=O)OC)C[C@@H](C(=O)N3[C@H](C(=O)OC)C[C@H](C(=O)O[C@@H]4C[C@H](C)CC[C@H]4C(C)C)[C@@H]3c3ccc(F)cc3)[C@H]2c2ccc(Cl)cc2)[C@@H]1c1ccc(Br)cc1. The largest absolute Gasteiger partial charge is 0.467 e. The van der Waals surface area contributed by atoms with Crippen molar-refractivity contribution in [3.8, 4) is 0 Å². The van der Waals surface area contributed by atoms with Gasteiger partial charge in [-0.15, -0.1) is 0 Å². The van der Waals surface area contributed by atoms with Crippen molar-refractivity contribution < 1.29 is 56.9 Å². The van der Waals surface area contributed by atoms with Gasteiger partial charge in [0.05, 0.1) is 57.2 Å². The summed E-state index contributed by atoms with van der Waals surface area (Å²) in [5.41, 5.74) is 1.22. The van der Waals surface area contributed by atoms with Crippen molar-refractivity contribution in [3.05, 3.63) is 117 Å². The molecule has 0 N–H and O–H groups in total. The summed E-state index contributed by atoms with van der Waals surface area (Å²) in [4.78, 5) is 106. The van der Waals surface area contributed by atoms with Crippen LogP contribution in [0.2, 0.25) is 5.02 Å². The number of hydrogen-bond donors (Lipinski definition) is 0. The summed E-state index contributed by atoms with van der Waals surface area (Å²) in [6.45, 7) is 9.94. The molecule has 0 spiro atoms. The van der Waals surface area contributed by atoms with Crippen molar-refractivity contribution in [2.45, 2.75) is 102 Å². The molecule has 17 heteroatoms. The molecule has 0 unspecified atom stereocenters. The Kier molecular flexibility index (Phi) is 16.0. The Morgan fingerprint density at radius 3 is 1.52 bits per heavy atom. The number of halogens is 3. The maximum atomic E-state index is 16.0. The van der Waals surface area contributed by atoms with E-state index in [-0.39, 0.29) is 31.1 Å². The number of carbonyl (C=O) groups is 7. The molecule has 3 aliphatic heterocycles. The van der Waals surface area contributed by atoms with Gasteiger partial charge in [0.1, 0.15) is 30.0 Å². The summed E-state index contributed by atoms with van der Waals surface area (Å²) >= 11 is 9.86. The van der Waals surface area contributed by atoms with E-state index < -0.39 is 108 Å². The van der Waals surface area contributed by atoms with Gasteiger partial charge in [-0.2, -0.15) is 0 Å². The van der Waals surface area contributed by atoms with Gasteiger partial charge >= 0.3 is 23.9 Å². The molecule has 0 bridgehead atoms. The van der Waals surface area contributed by atoms with E-state index in [2.05, 4.69) is 43.3 Å². The van der Waals surface area contributed by atoms with Gasteiger partial charge in [0.15, 0.2) is 0 Å². The normalized spacial score (nSPS) is 28.8. The van der Waals surface area contributed by atoms with Crippen LogP contribution in [0.25, 0.3) is 0 Å². The molecule has 0 radical (unpaired) electrons. The van der Waals surface area contributed by atoms with E-state index in [1.54, 1.807) is 48.5 Å². The number of nitrogens with zero attached hydrogens (tertiary/aromatic N) is 3. The number of likely N-dealkylation sites (tertiary alicyclic amines) is 3. The highest BCUT2D eigenvalue weighted by Gasteiger charge is 2.60. The van der Waals surface area contributed by atoms with Gasteiger partial charge in [-0.25, -0.2) is 18.8 Å². The third-order valence-corrected chi connectivity index (χ3v) is 15.4.